The van der Waals surface area contributed by atoms with E-state index >= 15 is 0 Å². The third-order valence-electron chi connectivity index (χ3n) is 5.51. The summed E-state index contributed by atoms with van der Waals surface area (Å²) in [6.45, 7) is 6.01. The Morgan fingerprint density at radius 2 is 1.88 bits per heavy atom. The number of piperidine rings is 1. The van der Waals surface area contributed by atoms with Crippen molar-refractivity contribution in [2.45, 2.75) is 45.7 Å². The summed E-state index contributed by atoms with van der Waals surface area (Å²) < 4.78 is 49.0. The van der Waals surface area contributed by atoms with Crippen LogP contribution >= 0.6 is 11.5 Å². The molecule has 3 aromatic rings. The van der Waals surface area contributed by atoms with E-state index in [-0.39, 0.29) is 6.42 Å². The van der Waals surface area contributed by atoms with Crippen LogP contribution in [0.3, 0.4) is 0 Å². The summed E-state index contributed by atoms with van der Waals surface area (Å²) in [4.78, 5) is 11.3. The zero-order valence-electron chi connectivity index (χ0n) is 18.5. The summed E-state index contributed by atoms with van der Waals surface area (Å²) >= 11 is 1.08. The standard InChI is InChI=1S/C24H25F3N4OS/c1-16-12-21(17(2)11-20(16)28-15-31-9-4-3-5-10-31)32-23-29-22(30-33-23)14-18-7-6-8-19(13-18)24(25,26)27/h6-8,11-13,15H,3-5,9-10,14H2,1-2H3. The highest BCUT2D eigenvalue weighted by Gasteiger charge is 2.30. The number of alkyl halides is 3. The number of hydrogen-bond acceptors (Lipinski definition) is 5. The average Bonchev–Trinajstić information content (AvgIpc) is 3.22. The predicted molar refractivity (Wildman–Crippen MR) is 124 cm³/mol. The highest BCUT2D eigenvalue weighted by Crippen LogP contribution is 2.33. The van der Waals surface area contributed by atoms with Gasteiger partial charge in [-0.2, -0.15) is 22.5 Å². The molecular weight excluding hydrogens is 449 g/mol. The molecule has 2 heterocycles. The molecular formula is C24H25F3N4OS. The number of aryl methyl sites for hydroxylation is 2. The molecule has 0 spiro atoms. The first kappa shape index (κ1) is 23.2. The number of halogens is 3. The van der Waals surface area contributed by atoms with Gasteiger partial charge in [0.05, 0.1) is 17.6 Å². The molecule has 174 valence electrons. The van der Waals surface area contributed by atoms with Crippen LogP contribution < -0.4 is 4.74 Å². The maximum absolute atomic E-state index is 12.9. The zero-order chi connectivity index (χ0) is 23.4. The number of likely N-dealkylation sites (tertiary alicyclic amines) is 1. The lowest BCUT2D eigenvalue weighted by Gasteiger charge is -2.23. The molecule has 0 atom stereocenters. The Balaban J connectivity index is 1.43. The Labute approximate surface area is 195 Å². The van der Waals surface area contributed by atoms with Gasteiger partial charge >= 0.3 is 6.18 Å². The fraction of sp³-hybridized carbons (Fsp3) is 0.375. The molecule has 2 aromatic carbocycles. The molecule has 0 amide bonds. The first-order valence-corrected chi connectivity index (χ1v) is 11.6. The molecule has 0 unspecified atom stereocenters. The van der Waals surface area contributed by atoms with Gasteiger partial charge in [0, 0.05) is 31.0 Å². The van der Waals surface area contributed by atoms with Crippen LogP contribution in [0, 0.1) is 13.8 Å². The number of rotatable bonds is 6. The van der Waals surface area contributed by atoms with Crippen LogP contribution in [0.15, 0.2) is 41.4 Å². The number of benzene rings is 2. The van der Waals surface area contributed by atoms with Crippen molar-refractivity contribution in [1.82, 2.24) is 14.3 Å². The van der Waals surface area contributed by atoms with Crippen molar-refractivity contribution in [3.63, 3.8) is 0 Å². The van der Waals surface area contributed by atoms with Crippen molar-refractivity contribution in [1.29, 1.82) is 0 Å². The van der Waals surface area contributed by atoms with Gasteiger partial charge in [-0.15, -0.1) is 0 Å². The van der Waals surface area contributed by atoms with Crippen molar-refractivity contribution >= 4 is 23.6 Å². The topological polar surface area (TPSA) is 50.6 Å². The van der Waals surface area contributed by atoms with E-state index in [0.717, 1.165) is 53.6 Å². The lowest BCUT2D eigenvalue weighted by Crippen LogP contribution is -2.28. The van der Waals surface area contributed by atoms with E-state index < -0.39 is 11.7 Å². The van der Waals surface area contributed by atoms with Crippen LogP contribution in [0.2, 0.25) is 0 Å². The molecule has 1 aromatic heterocycles. The third-order valence-corrected chi connectivity index (χ3v) is 6.14. The monoisotopic (exact) mass is 474 g/mol. The number of ether oxygens (including phenoxy) is 1. The smallest absolute Gasteiger partial charge is 0.416 e. The summed E-state index contributed by atoms with van der Waals surface area (Å²) in [5.74, 6) is 1.08. The first-order valence-electron chi connectivity index (χ1n) is 10.8. The highest BCUT2D eigenvalue weighted by molar-refractivity contribution is 7.07. The Hall–Kier alpha value is -2.94. The van der Waals surface area contributed by atoms with Gasteiger partial charge in [0.1, 0.15) is 5.75 Å². The van der Waals surface area contributed by atoms with Crippen LogP contribution in [-0.2, 0) is 12.6 Å². The SMILES string of the molecule is Cc1cc(Oc2nc(Cc3cccc(C(F)(F)F)c3)ns2)c(C)cc1N=CN1CCCCC1. The Kier molecular flexibility index (Phi) is 6.97. The van der Waals surface area contributed by atoms with Crippen molar-refractivity contribution in [2.24, 2.45) is 4.99 Å². The number of hydrogen-bond donors (Lipinski definition) is 0. The van der Waals surface area contributed by atoms with Gasteiger partial charge in [-0.1, -0.05) is 18.2 Å². The van der Waals surface area contributed by atoms with E-state index in [4.69, 9.17) is 4.74 Å². The summed E-state index contributed by atoms with van der Waals surface area (Å²) in [5, 5.41) is 0.351. The van der Waals surface area contributed by atoms with Crippen LogP contribution in [0.4, 0.5) is 18.9 Å². The fourth-order valence-electron chi connectivity index (χ4n) is 3.69. The second-order valence-corrected chi connectivity index (χ2v) is 8.91. The minimum atomic E-state index is -4.38. The van der Waals surface area contributed by atoms with E-state index in [1.54, 1.807) is 6.07 Å². The Bertz CT molecular complexity index is 1140. The van der Waals surface area contributed by atoms with Crippen molar-refractivity contribution in [3.8, 4) is 10.9 Å². The minimum Gasteiger partial charge on any atom is -0.430 e. The summed E-state index contributed by atoms with van der Waals surface area (Å²) in [6.07, 6.45) is 1.43. The molecule has 4 rings (SSSR count). The quantitative estimate of drug-likeness (QED) is 0.295. The van der Waals surface area contributed by atoms with E-state index in [1.165, 1.54) is 25.3 Å². The molecule has 33 heavy (non-hydrogen) atoms. The lowest BCUT2D eigenvalue weighted by atomic mass is 10.1. The van der Waals surface area contributed by atoms with Crippen molar-refractivity contribution in [2.75, 3.05) is 13.1 Å². The maximum atomic E-state index is 12.9. The maximum Gasteiger partial charge on any atom is 0.416 e. The molecule has 0 saturated carbocycles. The molecule has 1 aliphatic heterocycles. The summed E-state index contributed by atoms with van der Waals surface area (Å²) in [5.41, 5.74) is 2.62. The summed E-state index contributed by atoms with van der Waals surface area (Å²) in [7, 11) is 0. The van der Waals surface area contributed by atoms with Crippen LogP contribution in [0.5, 0.6) is 10.9 Å². The average molecular weight is 475 g/mol. The number of nitrogens with zero attached hydrogens (tertiary/aromatic N) is 4. The van der Waals surface area contributed by atoms with E-state index in [2.05, 4.69) is 19.2 Å². The van der Waals surface area contributed by atoms with Gasteiger partial charge in [-0.05, 0) is 68.0 Å². The van der Waals surface area contributed by atoms with Crippen LogP contribution in [0.25, 0.3) is 0 Å². The molecule has 0 bridgehead atoms. The fourth-order valence-corrected chi connectivity index (χ4v) is 4.25. The molecule has 1 aliphatic rings. The molecule has 0 aliphatic carbocycles. The highest BCUT2D eigenvalue weighted by atomic mass is 32.1. The summed E-state index contributed by atoms with van der Waals surface area (Å²) in [6, 6.07) is 9.11. The van der Waals surface area contributed by atoms with Gasteiger partial charge in [0.25, 0.3) is 5.19 Å². The number of aliphatic imine (C=N–C) groups is 1. The Morgan fingerprint density at radius 3 is 2.64 bits per heavy atom. The first-order chi connectivity index (χ1) is 15.8. The predicted octanol–water partition coefficient (Wildman–Crippen LogP) is 6.70. The molecule has 5 nitrogen and oxygen atoms in total. The molecule has 1 saturated heterocycles. The third kappa shape index (κ3) is 6.10. The second-order valence-electron chi connectivity index (χ2n) is 8.20. The van der Waals surface area contributed by atoms with E-state index in [1.807, 2.05) is 32.3 Å². The van der Waals surface area contributed by atoms with Gasteiger partial charge in [-0.25, -0.2) is 4.99 Å². The van der Waals surface area contributed by atoms with Gasteiger partial charge < -0.3 is 9.64 Å². The zero-order valence-corrected chi connectivity index (χ0v) is 19.3. The second kappa shape index (κ2) is 9.91. The van der Waals surface area contributed by atoms with Crippen LogP contribution in [0.1, 0.15) is 47.3 Å². The normalized spacial score (nSPS) is 14.8. The molecule has 9 heteroatoms. The minimum absolute atomic E-state index is 0.200. The Morgan fingerprint density at radius 1 is 1.09 bits per heavy atom. The van der Waals surface area contributed by atoms with Crippen LogP contribution in [-0.4, -0.2) is 33.7 Å². The molecule has 0 radical (unpaired) electrons. The molecule has 0 N–H and O–H groups in total. The number of aromatic nitrogens is 2. The van der Waals surface area contributed by atoms with Gasteiger partial charge in [0.2, 0.25) is 0 Å². The largest absolute Gasteiger partial charge is 0.430 e. The van der Waals surface area contributed by atoms with Crippen molar-refractivity contribution in [3.05, 3.63) is 64.5 Å². The van der Waals surface area contributed by atoms with E-state index in [0.29, 0.717) is 22.3 Å². The van der Waals surface area contributed by atoms with Gasteiger partial charge in [-0.3, -0.25) is 0 Å². The van der Waals surface area contributed by atoms with E-state index in [9.17, 15) is 13.2 Å². The molecule has 1 fully saturated rings. The van der Waals surface area contributed by atoms with Crippen molar-refractivity contribution < 1.29 is 17.9 Å². The lowest BCUT2D eigenvalue weighted by molar-refractivity contribution is -0.137. The van der Waals surface area contributed by atoms with Gasteiger partial charge in [0.15, 0.2) is 5.82 Å².